The number of hydrogen-bond donors (Lipinski definition) is 0. The minimum atomic E-state index is -0.263. The molecule has 2 amide bonds. The Hall–Kier alpha value is -3.02. The highest BCUT2D eigenvalue weighted by atomic mass is 16.5. The van der Waals surface area contributed by atoms with E-state index in [0.29, 0.717) is 32.7 Å². The Kier molecular flexibility index (Phi) is 6.44. The fourth-order valence-corrected chi connectivity index (χ4v) is 4.46. The molecule has 2 saturated heterocycles. The third-order valence-electron chi connectivity index (χ3n) is 6.23. The molecule has 164 valence electrons. The van der Waals surface area contributed by atoms with E-state index < -0.39 is 0 Å². The summed E-state index contributed by atoms with van der Waals surface area (Å²) in [6.45, 7) is 8.04. The van der Waals surface area contributed by atoms with E-state index >= 15 is 0 Å². The lowest BCUT2D eigenvalue weighted by Gasteiger charge is -2.37. The Labute approximate surface area is 184 Å². The zero-order chi connectivity index (χ0) is 21.8. The van der Waals surface area contributed by atoms with Gasteiger partial charge >= 0.3 is 0 Å². The van der Waals surface area contributed by atoms with E-state index in [-0.39, 0.29) is 17.7 Å². The van der Waals surface area contributed by atoms with Gasteiger partial charge in [0, 0.05) is 44.8 Å². The van der Waals surface area contributed by atoms with Gasteiger partial charge < -0.3 is 19.4 Å². The van der Waals surface area contributed by atoms with Crippen molar-refractivity contribution >= 4 is 23.2 Å². The molecule has 2 aliphatic heterocycles. The van der Waals surface area contributed by atoms with E-state index in [2.05, 4.69) is 30.0 Å². The summed E-state index contributed by atoms with van der Waals surface area (Å²) in [4.78, 5) is 31.7. The van der Waals surface area contributed by atoms with Crippen molar-refractivity contribution in [1.29, 1.82) is 0 Å². The third kappa shape index (κ3) is 4.53. The zero-order valence-electron chi connectivity index (χ0n) is 18.4. The highest BCUT2D eigenvalue weighted by molar-refractivity contribution is 6.00. The lowest BCUT2D eigenvalue weighted by Crippen LogP contribution is -2.50. The van der Waals surface area contributed by atoms with Crippen LogP contribution in [0, 0.1) is 5.92 Å². The van der Waals surface area contributed by atoms with Crippen LogP contribution >= 0.6 is 0 Å². The summed E-state index contributed by atoms with van der Waals surface area (Å²) in [6.07, 6.45) is 1.26. The van der Waals surface area contributed by atoms with Crippen molar-refractivity contribution in [3.05, 3.63) is 54.1 Å². The molecular weight excluding hydrogens is 390 g/mol. The van der Waals surface area contributed by atoms with E-state index in [1.807, 2.05) is 42.2 Å². The molecule has 31 heavy (non-hydrogen) atoms. The highest BCUT2D eigenvalue weighted by Gasteiger charge is 2.38. The van der Waals surface area contributed by atoms with Crippen molar-refractivity contribution in [3.8, 4) is 5.75 Å². The summed E-state index contributed by atoms with van der Waals surface area (Å²) in [5.74, 6) is 0.752. The van der Waals surface area contributed by atoms with Crippen LogP contribution in [0.15, 0.2) is 48.5 Å². The normalized spacial score (nSPS) is 19.1. The molecule has 0 aliphatic carbocycles. The molecule has 0 spiro atoms. The SMILES string of the molecule is CCOc1ccccc1N1CCN(C(=O)[C@H]2CC(=O)N(c3ccc(CC)cc3)C2)CC1. The van der Waals surface area contributed by atoms with Gasteiger partial charge in [-0.15, -0.1) is 0 Å². The van der Waals surface area contributed by atoms with Gasteiger partial charge in [-0.25, -0.2) is 0 Å². The predicted octanol–water partition coefficient (Wildman–Crippen LogP) is 3.35. The maximum Gasteiger partial charge on any atom is 0.228 e. The van der Waals surface area contributed by atoms with Crippen LogP contribution in [0.3, 0.4) is 0 Å². The molecule has 0 saturated carbocycles. The summed E-state index contributed by atoms with van der Waals surface area (Å²) >= 11 is 0. The van der Waals surface area contributed by atoms with E-state index in [4.69, 9.17) is 4.74 Å². The van der Waals surface area contributed by atoms with Crippen LogP contribution in [0.1, 0.15) is 25.8 Å². The molecule has 6 nitrogen and oxygen atoms in total. The van der Waals surface area contributed by atoms with Gasteiger partial charge in [0.05, 0.1) is 18.2 Å². The van der Waals surface area contributed by atoms with E-state index in [1.165, 1.54) is 5.56 Å². The van der Waals surface area contributed by atoms with E-state index in [1.54, 1.807) is 4.90 Å². The molecule has 0 N–H and O–H groups in total. The fraction of sp³-hybridized carbons (Fsp3) is 0.440. The second-order valence-electron chi connectivity index (χ2n) is 8.14. The zero-order valence-corrected chi connectivity index (χ0v) is 18.4. The van der Waals surface area contributed by atoms with Crippen molar-refractivity contribution < 1.29 is 14.3 Å². The molecule has 2 aliphatic rings. The standard InChI is InChI=1S/C25H31N3O3/c1-3-19-9-11-21(12-10-19)28-18-20(17-24(28)29)25(30)27-15-13-26(14-16-27)22-7-5-6-8-23(22)31-4-2/h5-12,20H,3-4,13-18H2,1-2H3/t20-/m0/s1. The quantitative estimate of drug-likeness (QED) is 0.718. The lowest BCUT2D eigenvalue weighted by molar-refractivity contribution is -0.136. The predicted molar refractivity (Wildman–Crippen MR) is 123 cm³/mol. The van der Waals surface area contributed by atoms with Crippen molar-refractivity contribution in [1.82, 2.24) is 4.90 Å². The molecule has 6 heteroatoms. The number of amides is 2. The third-order valence-corrected chi connectivity index (χ3v) is 6.23. The molecular formula is C25H31N3O3. The summed E-state index contributed by atoms with van der Waals surface area (Å²) in [7, 11) is 0. The molecule has 0 radical (unpaired) electrons. The number of carbonyl (C=O) groups excluding carboxylic acids is 2. The van der Waals surface area contributed by atoms with Crippen LogP contribution in [0.5, 0.6) is 5.75 Å². The number of aryl methyl sites for hydroxylation is 1. The second kappa shape index (κ2) is 9.41. The number of carbonyl (C=O) groups is 2. The Bertz CT molecular complexity index is 920. The molecule has 2 heterocycles. The van der Waals surface area contributed by atoms with Gasteiger partial charge in [0.2, 0.25) is 11.8 Å². The first-order chi connectivity index (χ1) is 15.1. The lowest BCUT2D eigenvalue weighted by atomic mass is 10.1. The van der Waals surface area contributed by atoms with Crippen LogP contribution in [0.4, 0.5) is 11.4 Å². The topological polar surface area (TPSA) is 53.1 Å². The number of piperazine rings is 1. The van der Waals surface area contributed by atoms with Crippen LogP contribution < -0.4 is 14.5 Å². The van der Waals surface area contributed by atoms with Gasteiger partial charge in [-0.3, -0.25) is 9.59 Å². The maximum absolute atomic E-state index is 13.1. The number of nitrogens with zero attached hydrogens (tertiary/aromatic N) is 3. The number of anilines is 2. The summed E-state index contributed by atoms with van der Waals surface area (Å²) in [6, 6.07) is 16.1. The number of hydrogen-bond acceptors (Lipinski definition) is 4. The van der Waals surface area contributed by atoms with Gasteiger partial charge in [-0.05, 0) is 43.2 Å². The van der Waals surface area contributed by atoms with E-state index in [0.717, 1.165) is 36.6 Å². The summed E-state index contributed by atoms with van der Waals surface area (Å²) < 4.78 is 5.76. The smallest absolute Gasteiger partial charge is 0.228 e. The summed E-state index contributed by atoms with van der Waals surface area (Å²) in [5, 5.41) is 0. The highest BCUT2D eigenvalue weighted by Crippen LogP contribution is 2.30. The van der Waals surface area contributed by atoms with Gasteiger partial charge in [0.25, 0.3) is 0 Å². The van der Waals surface area contributed by atoms with Crippen LogP contribution in [-0.2, 0) is 16.0 Å². The van der Waals surface area contributed by atoms with Crippen LogP contribution in [0.2, 0.25) is 0 Å². The molecule has 0 aromatic heterocycles. The molecule has 1 atom stereocenters. The molecule has 2 fully saturated rings. The molecule has 0 unspecified atom stereocenters. The van der Waals surface area contributed by atoms with Crippen LogP contribution in [-0.4, -0.2) is 56.0 Å². The van der Waals surface area contributed by atoms with Gasteiger partial charge in [-0.1, -0.05) is 31.2 Å². The first-order valence-corrected chi connectivity index (χ1v) is 11.3. The Morgan fingerprint density at radius 1 is 1.00 bits per heavy atom. The van der Waals surface area contributed by atoms with Crippen LogP contribution in [0.25, 0.3) is 0 Å². The van der Waals surface area contributed by atoms with E-state index in [9.17, 15) is 9.59 Å². The number of benzene rings is 2. The van der Waals surface area contributed by atoms with Crippen molar-refractivity contribution in [2.45, 2.75) is 26.7 Å². The molecule has 2 aromatic rings. The number of para-hydroxylation sites is 2. The minimum Gasteiger partial charge on any atom is -0.492 e. The molecule has 2 aromatic carbocycles. The maximum atomic E-state index is 13.1. The Morgan fingerprint density at radius 3 is 2.39 bits per heavy atom. The molecule has 4 rings (SSSR count). The monoisotopic (exact) mass is 421 g/mol. The van der Waals surface area contributed by atoms with Crippen molar-refractivity contribution in [2.75, 3.05) is 49.1 Å². The number of ether oxygens (including phenoxy) is 1. The van der Waals surface area contributed by atoms with Gasteiger partial charge in [0.15, 0.2) is 0 Å². The largest absolute Gasteiger partial charge is 0.492 e. The second-order valence-corrected chi connectivity index (χ2v) is 8.14. The molecule has 0 bridgehead atoms. The van der Waals surface area contributed by atoms with Gasteiger partial charge in [0.1, 0.15) is 5.75 Å². The first kappa shape index (κ1) is 21.2. The minimum absolute atomic E-state index is 0.0341. The van der Waals surface area contributed by atoms with Gasteiger partial charge in [-0.2, -0.15) is 0 Å². The average Bonchev–Trinajstić information content (AvgIpc) is 3.21. The van der Waals surface area contributed by atoms with Crippen molar-refractivity contribution in [3.63, 3.8) is 0 Å². The Balaban J connectivity index is 1.36. The fourth-order valence-electron chi connectivity index (χ4n) is 4.46. The average molecular weight is 422 g/mol. The summed E-state index contributed by atoms with van der Waals surface area (Å²) in [5.41, 5.74) is 3.20. The Morgan fingerprint density at radius 2 is 1.71 bits per heavy atom. The first-order valence-electron chi connectivity index (χ1n) is 11.3. The number of rotatable bonds is 6. The van der Waals surface area contributed by atoms with Crippen molar-refractivity contribution in [2.24, 2.45) is 5.92 Å².